The molecule has 1 atom stereocenters. The van der Waals surface area contributed by atoms with E-state index in [-0.39, 0.29) is 22.9 Å². The predicted octanol–water partition coefficient (Wildman–Crippen LogP) is 1.61. The molecule has 2 rings (SSSR count). The highest BCUT2D eigenvalue weighted by molar-refractivity contribution is 7.89. The van der Waals surface area contributed by atoms with Gasteiger partial charge in [-0.25, -0.2) is 21.9 Å². The summed E-state index contributed by atoms with van der Waals surface area (Å²) in [4.78, 5) is 13.9. The van der Waals surface area contributed by atoms with Crippen LogP contribution in [0.1, 0.15) is 36.5 Å². The molecule has 0 unspecified atom stereocenters. The molecule has 1 aromatic rings. The summed E-state index contributed by atoms with van der Waals surface area (Å²) >= 11 is 0. The Kier molecular flexibility index (Phi) is 6.12. The topological polar surface area (TPSA) is 86.7 Å². The molecular formula is C16H22F2N2O4S. The molecule has 25 heavy (non-hydrogen) atoms. The first-order chi connectivity index (χ1) is 11.7. The maximum atomic E-state index is 12.5. The number of likely N-dealkylation sites (tertiary alicyclic amines) is 1. The van der Waals surface area contributed by atoms with E-state index in [2.05, 4.69) is 0 Å². The summed E-state index contributed by atoms with van der Waals surface area (Å²) < 4.78 is 49.8. The van der Waals surface area contributed by atoms with Crippen molar-refractivity contribution in [1.29, 1.82) is 0 Å². The molecule has 1 fully saturated rings. The lowest BCUT2D eigenvalue weighted by molar-refractivity contribution is -0.0270. The van der Waals surface area contributed by atoms with Crippen LogP contribution in [0.25, 0.3) is 0 Å². The largest absolute Gasteiger partial charge is 0.388 e. The number of aliphatic hydroxyl groups is 1. The van der Waals surface area contributed by atoms with Crippen molar-refractivity contribution in [2.45, 2.75) is 43.1 Å². The summed E-state index contributed by atoms with van der Waals surface area (Å²) in [5.74, 6) is -0.295. The number of β-amino-alcohol motifs (C(OH)–C–C–N with tert-alkyl or cyclic N) is 1. The van der Waals surface area contributed by atoms with Gasteiger partial charge < -0.3 is 10.0 Å². The Labute approximate surface area is 145 Å². The molecule has 2 N–H and O–H groups in total. The number of rotatable bonds is 6. The van der Waals surface area contributed by atoms with E-state index in [4.69, 9.17) is 0 Å². The molecule has 0 radical (unpaired) electrons. The van der Waals surface area contributed by atoms with Crippen LogP contribution in [0.5, 0.6) is 0 Å². The van der Waals surface area contributed by atoms with Crippen molar-refractivity contribution in [1.82, 2.24) is 9.62 Å². The number of nitrogens with one attached hydrogen (secondary N) is 1. The van der Waals surface area contributed by atoms with E-state index >= 15 is 0 Å². The molecule has 1 aromatic carbocycles. The predicted molar refractivity (Wildman–Crippen MR) is 88.0 cm³/mol. The number of alkyl halides is 2. The average molecular weight is 376 g/mol. The standard InChI is InChI=1S/C16H22F2N2O4S/c1-2-16(22)8-3-9-20(11-16)15(21)12-4-6-13(7-5-12)25(23,24)19-10-14(17)18/h4-7,14,19,22H,2-3,8-11H2,1H3/t16-/m1/s1. The fourth-order valence-electron chi connectivity index (χ4n) is 2.79. The Bertz CT molecular complexity index is 709. The zero-order valence-electron chi connectivity index (χ0n) is 13.9. The fraction of sp³-hybridized carbons (Fsp3) is 0.562. The number of piperidine rings is 1. The minimum absolute atomic E-state index is 0.187. The van der Waals surface area contributed by atoms with E-state index in [0.717, 1.165) is 0 Å². The number of benzene rings is 1. The molecule has 0 aliphatic carbocycles. The van der Waals surface area contributed by atoms with Crippen LogP contribution in [0.15, 0.2) is 29.2 Å². The van der Waals surface area contributed by atoms with Crippen LogP contribution in [-0.2, 0) is 10.0 Å². The molecule has 1 saturated heterocycles. The first-order valence-corrected chi connectivity index (χ1v) is 9.55. The first kappa shape index (κ1) is 19.7. The Balaban J connectivity index is 2.10. The summed E-state index contributed by atoms with van der Waals surface area (Å²) in [6.07, 6.45) is -0.906. The van der Waals surface area contributed by atoms with Crippen molar-refractivity contribution in [3.8, 4) is 0 Å². The second-order valence-corrected chi connectivity index (χ2v) is 7.94. The number of halogens is 2. The van der Waals surface area contributed by atoms with Crippen LogP contribution in [0, 0.1) is 0 Å². The lowest BCUT2D eigenvalue weighted by Gasteiger charge is -2.38. The highest BCUT2D eigenvalue weighted by atomic mass is 32.2. The van der Waals surface area contributed by atoms with E-state index in [1.807, 2.05) is 6.92 Å². The summed E-state index contributed by atoms with van der Waals surface area (Å²) in [6, 6.07) is 5.10. The van der Waals surface area contributed by atoms with Crippen LogP contribution < -0.4 is 4.72 Å². The number of sulfonamides is 1. The summed E-state index contributed by atoms with van der Waals surface area (Å²) in [5.41, 5.74) is -0.607. The summed E-state index contributed by atoms with van der Waals surface area (Å²) in [5, 5.41) is 10.4. The van der Waals surface area contributed by atoms with Crippen LogP contribution in [0.3, 0.4) is 0 Å². The molecule has 1 heterocycles. The van der Waals surface area contributed by atoms with Gasteiger partial charge in [-0.2, -0.15) is 0 Å². The normalized spacial score (nSPS) is 21.6. The third-order valence-corrected chi connectivity index (χ3v) is 5.78. The highest BCUT2D eigenvalue weighted by Crippen LogP contribution is 2.25. The van der Waals surface area contributed by atoms with Gasteiger partial charge >= 0.3 is 0 Å². The van der Waals surface area contributed by atoms with Crippen LogP contribution in [-0.4, -0.2) is 56.0 Å². The van der Waals surface area contributed by atoms with Gasteiger partial charge in [0.2, 0.25) is 10.0 Å². The van der Waals surface area contributed by atoms with Crippen molar-refractivity contribution in [2.24, 2.45) is 0 Å². The molecule has 1 aliphatic heterocycles. The molecule has 1 aliphatic rings. The van der Waals surface area contributed by atoms with Gasteiger partial charge in [-0.3, -0.25) is 4.79 Å². The number of carbonyl (C=O) groups is 1. The number of nitrogens with zero attached hydrogens (tertiary/aromatic N) is 1. The van der Waals surface area contributed by atoms with Gasteiger partial charge in [-0.15, -0.1) is 0 Å². The van der Waals surface area contributed by atoms with E-state index in [0.29, 0.717) is 25.8 Å². The summed E-state index contributed by atoms with van der Waals surface area (Å²) in [7, 11) is -4.04. The number of amides is 1. The quantitative estimate of drug-likeness (QED) is 0.790. The molecular weight excluding hydrogens is 354 g/mol. The smallest absolute Gasteiger partial charge is 0.253 e. The molecule has 1 amide bonds. The minimum atomic E-state index is -4.04. The third kappa shape index (κ3) is 4.96. The molecule has 0 aromatic heterocycles. The Morgan fingerprint density at radius 2 is 2.00 bits per heavy atom. The zero-order chi connectivity index (χ0) is 18.7. The second-order valence-electron chi connectivity index (χ2n) is 6.18. The Morgan fingerprint density at radius 1 is 1.36 bits per heavy atom. The lowest BCUT2D eigenvalue weighted by atomic mass is 9.90. The van der Waals surface area contributed by atoms with Crippen molar-refractivity contribution in [3.63, 3.8) is 0 Å². The van der Waals surface area contributed by atoms with Crippen LogP contribution >= 0.6 is 0 Å². The number of carbonyl (C=O) groups excluding carboxylic acids is 1. The third-order valence-electron chi connectivity index (χ3n) is 4.34. The molecule has 6 nitrogen and oxygen atoms in total. The first-order valence-electron chi connectivity index (χ1n) is 8.06. The number of hydrogen-bond donors (Lipinski definition) is 2. The van der Waals surface area contributed by atoms with Crippen molar-refractivity contribution in [2.75, 3.05) is 19.6 Å². The van der Waals surface area contributed by atoms with Crippen LogP contribution in [0.2, 0.25) is 0 Å². The number of hydrogen-bond acceptors (Lipinski definition) is 4. The van der Waals surface area contributed by atoms with Gasteiger partial charge in [0.1, 0.15) is 0 Å². The fourth-order valence-corrected chi connectivity index (χ4v) is 3.80. The monoisotopic (exact) mass is 376 g/mol. The average Bonchev–Trinajstić information content (AvgIpc) is 2.59. The van der Waals surface area contributed by atoms with Crippen molar-refractivity contribution >= 4 is 15.9 Å². The minimum Gasteiger partial charge on any atom is -0.388 e. The van der Waals surface area contributed by atoms with Crippen molar-refractivity contribution < 1.29 is 27.1 Å². The van der Waals surface area contributed by atoms with Gasteiger partial charge in [0.15, 0.2) is 0 Å². The summed E-state index contributed by atoms with van der Waals surface area (Å²) in [6.45, 7) is 1.65. The molecule has 0 bridgehead atoms. The van der Waals surface area contributed by atoms with E-state index in [9.17, 15) is 27.1 Å². The molecule has 0 saturated carbocycles. The Hall–Kier alpha value is -1.58. The van der Waals surface area contributed by atoms with Gasteiger partial charge in [0, 0.05) is 18.7 Å². The molecule has 0 spiro atoms. The van der Waals surface area contributed by atoms with E-state index in [1.54, 1.807) is 9.62 Å². The maximum absolute atomic E-state index is 12.5. The van der Waals surface area contributed by atoms with Gasteiger partial charge in [-0.1, -0.05) is 6.92 Å². The highest BCUT2D eigenvalue weighted by Gasteiger charge is 2.33. The zero-order valence-corrected chi connectivity index (χ0v) is 14.7. The van der Waals surface area contributed by atoms with Gasteiger partial charge in [-0.05, 0) is 43.5 Å². The van der Waals surface area contributed by atoms with Gasteiger partial charge in [0.05, 0.1) is 17.0 Å². The second kappa shape index (κ2) is 7.76. The van der Waals surface area contributed by atoms with E-state index < -0.39 is 28.6 Å². The maximum Gasteiger partial charge on any atom is 0.253 e. The Morgan fingerprint density at radius 3 is 2.56 bits per heavy atom. The molecule has 140 valence electrons. The van der Waals surface area contributed by atoms with Gasteiger partial charge in [0.25, 0.3) is 12.3 Å². The SMILES string of the molecule is CC[C@@]1(O)CCCN(C(=O)c2ccc(S(=O)(=O)NCC(F)F)cc2)C1. The lowest BCUT2D eigenvalue weighted by Crippen LogP contribution is -2.49. The van der Waals surface area contributed by atoms with Crippen molar-refractivity contribution in [3.05, 3.63) is 29.8 Å². The molecule has 9 heteroatoms. The van der Waals surface area contributed by atoms with Crippen LogP contribution in [0.4, 0.5) is 8.78 Å². The van der Waals surface area contributed by atoms with E-state index in [1.165, 1.54) is 24.3 Å².